The number of methoxy groups -OCH3 is 1. The van der Waals surface area contributed by atoms with E-state index in [0.29, 0.717) is 22.3 Å². The second-order valence-electron chi connectivity index (χ2n) is 7.49. The van der Waals surface area contributed by atoms with Crippen molar-refractivity contribution in [1.29, 1.82) is 0 Å². The van der Waals surface area contributed by atoms with E-state index in [1.165, 1.54) is 20.0 Å². The number of benzene rings is 2. The summed E-state index contributed by atoms with van der Waals surface area (Å²) in [5, 5.41) is 4.65. The summed E-state index contributed by atoms with van der Waals surface area (Å²) in [4.78, 5) is 12.2. The van der Waals surface area contributed by atoms with Gasteiger partial charge in [0.05, 0.1) is 7.11 Å². The Morgan fingerprint density at radius 3 is 2.35 bits per heavy atom. The van der Waals surface area contributed by atoms with Crippen molar-refractivity contribution in [2.45, 2.75) is 45.7 Å². The highest BCUT2D eigenvalue weighted by atomic mass is 35.5. The molecule has 0 saturated heterocycles. The number of anilines is 1. The molecule has 0 unspecified atom stereocenters. The fraction of sp³-hybridized carbons (Fsp3) is 0.320. The minimum atomic E-state index is -0.309. The van der Waals surface area contributed by atoms with Gasteiger partial charge >= 0.3 is 5.97 Å². The van der Waals surface area contributed by atoms with Gasteiger partial charge in [-0.1, -0.05) is 67.6 Å². The third kappa shape index (κ3) is 6.05. The largest absolute Gasteiger partial charge is 0.464 e. The van der Waals surface area contributed by atoms with E-state index in [1.54, 1.807) is 0 Å². The molecule has 0 aliphatic carbocycles. The van der Waals surface area contributed by atoms with E-state index in [9.17, 15) is 4.79 Å². The van der Waals surface area contributed by atoms with E-state index in [2.05, 4.69) is 12.2 Å². The van der Waals surface area contributed by atoms with Crippen LogP contribution < -0.4 is 5.32 Å². The number of unbranched alkanes of at least 4 members (excludes halogenated alkanes) is 3. The summed E-state index contributed by atoms with van der Waals surface area (Å²) in [6, 6.07) is 15.5. The van der Waals surface area contributed by atoms with E-state index in [0.717, 1.165) is 41.8 Å². The number of carbonyl (C=O) groups is 1. The van der Waals surface area contributed by atoms with Gasteiger partial charge in [0, 0.05) is 46.1 Å². The van der Waals surface area contributed by atoms with Crippen molar-refractivity contribution in [2.75, 3.05) is 12.4 Å². The van der Waals surface area contributed by atoms with Crippen LogP contribution >= 0.6 is 23.2 Å². The Morgan fingerprint density at radius 1 is 1.00 bits per heavy atom. The molecular formula is C25H28Cl2N2O2. The number of aryl methyl sites for hydroxylation is 1. The Kier molecular flexibility index (Phi) is 8.44. The molecule has 0 aliphatic rings. The average molecular weight is 459 g/mol. The molecule has 1 aromatic heterocycles. The van der Waals surface area contributed by atoms with Gasteiger partial charge in [-0.15, -0.1) is 0 Å². The molecule has 164 valence electrons. The third-order valence-electron chi connectivity index (χ3n) is 5.29. The Morgan fingerprint density at radius 2 is 1.71 bits per heavy atom. The van der Waals surface area contributed by atoms with E-state index in [1.807, 2.05) is 59.3 Å². The molecule has 1 N–H and O–H groups in total. The molecule has 2 aromatic carbocycles. The van der Waals surface area contributed by atoms with Crippen LogP contribution in [0.4, 0.5) is 5.69 Å². The molecule has 4 nitrogen and oxygen atoms in total. The second kappa shape index (κ2) is 11.3. The molecule has 0 saturated carbocycles. The smallest absolute Gasteiger partial charge is 0.354 e. The lowest BCUT2D eigenvalue weighted by Crippen LogP contribution is -2.10. The van der Waals surface area contributed by atoms with E-state index >= 15 is 0 Å². The fourth-order valence-electron chi connectivity index (χ4n) is 3.51. The van der Waals surface area contributed by atoms with Gasteiger partial charge in [-0.3, -0.25) is 0 Å². The van der Waals surface area contributed by atoms with Gasteiger partial charge in [-0.2, -0.15) is 0 Å². The number of rotatable bonds is 10. The molecule has 3 aromatic rings. The fourth-order valence-corrected chi connectivity index (χ4v) is 4.04. The van der Waals surface area contributed by atoms with Crippen molar-refractivity contribution < 1.29 is 9.53 Å². The highest BCUT2D eigenvalue weighted by Crippen LogP contribution is 2.27. The van der Waals surface area contributed by atoms with E-state index < -0.39 is 0 Å². The van der Waals surface area contributed by atoms with Crippen LogP contribution in [0.5, 0.6) is 0 Å². The molecule has 6 heteroatoms. The number of ether oxygens (including phenoxy) is 1. The zero-order valence-electron chi connectivity index (χ0n) is 18.0. The van der Waals surface area contributed by atoms with Gasteiger partial charge in [-0.05, 0) is 42.3 Å². The predicted octanol–water partition coefficient (Wildman–Crippen LogP) is 7.44. The Balaban J connectivity index is 1.72. The van der Waals surface area contributed by atoms with Crippen molar-refractivity contribution in [2.24, 2.45) is 0 Å². The molecule has 1 heterocycles. The summed E-state index contributed by atoms with van der Waals surface area (Å²) in [6.45, 7) is 3.54. The number of hydrogen-bond acceptors (Lipinski definition) is 3. The Hall–Kier alpha value is -2.43. The average Bonchev–Trinajstić information content (AvgIpc) is 3.20. The zero-order valence-corrected chi connectivity index (χ0v) is 19.5. The highest BCUT2D eigenvalue weighted by molar-refractivity contribution is 6.36. The molecule has 0 amide bonds. The first-order valence-electron chi connectivity index (χ1n) is 10.6. The summed E-state index contributed by atoms with van der Waals surface area (Å²) in [5.41, 5.74) is 4.46. The minimum absolute atomic E-state index is 0.309. The maximum Gasteiger partial charge on any atom is 0.354 e. The van der Waals surface area contributed by atoms with Gasteiger partial charge in [0.1, 0.15) is 5.69 Å². The van der Waals surface area contributed by atoms with Gasteiger partial charge < -0.3 is 14.6 Å². The van der Waals surface area contributed by atoms with Gasteiger partial charge in [0.15, 0.2) is 0 Å². The van der Waals surface area contributed by atoms with Gasteiger partial charge in [0.2, 0.25) is 0 Å². The number of nitrogens with zero attached hydrogens (tertiary/aromatic N) is 1. The number of aromatic nitrogens is 1. The van der Waals surface area contributed by atoms with E-state index in [4.69, 9.17) is 27.9 Å². The standard InChI is InChI=1S/C25H28Cl2N2O2/c1-3-4-5-6-14-29-17-19(15-24(29)25(30)31-2)18-10-12-20(13-11-18)28-16-21-22(26)8-7-9-23(21)27/h7-13,15,17,28H,3-6,14,16H2,1-2H3. The Bertz CT molecular complexity index is 993. The topological polar surface area (TPSA) is 43.3 Å². The normalized spacial score (nSPS) is 10.8. The first kappa shape index (κ1) is 23.2. The number of esters is 1. The summed E-state index contributed by atoms with van der Waals surface area (Å²) < 4.78 is 6.98. The summed E-state index contributed by atoms with van der Waals surface area (Å²) in [5.74, 6) is -0.309. The molecular weight excluding hydrogens is 431 g/mol. The molecule has 3 rings (SSSR count). The molecule has 0 radical (unpaired) electrons. The first-order valence-corrected chi connectivity index (χ1v) is 11.3. The van der Waals surface area contributed by atoms with Gasteiger partial charge in [-0.25, -0.2) is 4.79 Å². The van der Waals surface area contributed by atoms with Crippen LogP contribution in [0, 0.1) is 0 Å². The number of carbonyl (C=O) groups excluding carboxylic acids is 1. The highest BCUT2D eigenvalue weighted by Gasteiger charge is 2.15. The van der Waals surface area contributed by atoms with Crippen LogP contribution in [0.25, 0.3) is 11.1 Å². The monoisotopic (exact) mass is 458 g/mol. The van der Waals surface area contributed by atoms with Crippen LogP contribution in [-0.4, -0.2) is 17.6 Å². The van der Waals surface area contributed by atoms with E-state index in [-0.39, 0.29) is 5.97 Å². The van der Waals surface area contributed by atoms with Crippen LogP contribution in [0.1, 0.15) is 48.7 Å². The molecule has 0 aliphatic heterocycles. The molecule has 0 bridgehead atoms. The second-order valence-corrected chi connectivity index (χ2v) is 8.31. The van der Waals surface area contributed by atoms with Crippen LogP contribution in [0.2, 0.25) is 10.0 Å². The van der Waals surface area contributed by atoms with Crippen molar-refractivity contribution in [3.05, 3.63) is 76.0 Å². The molecule has 0 fully saturated rings. The van der Waals surface area contributed by atoms with Crippen molar-refractivity contribution in [1.82, 2.24) is 4.57 Å². The van der Waals surface area contributed by atoms with Crippen molar-refractivity contribution in [3.8, 4) is 11.1 Å². The lowest BCUT2D eigenvalue weighted by molar-refractivity contribution is 0.0588. The quantitative estimate of drug-likeness (QED) is 0.253. The number of halogens is 2. The Labute approximate surface area is 194 Å². The zero-order chi connectivity index (χ0) is 22.2. The predicted molar refractivity (Wildman–Crippen MR) is 129 cm³/mol. The summed E-state index contributed by atoms with van der Waals surface area (Å²) in [7, 11) is 1.42. The molecule has 31 heavy (non-hydrogen) atoms. The van der Waals surface area contributed by atoms with Gasteiger partial charge in [0.25, 0.3) is 0 Å². The maximum atomic E-state index is 12.2. The van der Waals surface area contributed by atoms with Crippen molar-refractivity contribution in [3.63, 3.8) is 0 Å². The first-order chi connectivity index (χ1) is 15.0. The van der Waals surface area contributed by atoms with Crippen LogP contribution in [-0.2, 0) is 17.8 Å². The molecule has 0 atom stereocenters. The van der Waals surface area contributed by atoms with Crippen LogP contribution in [0.15, 0.2) is 54.7 Å². The van der Waals surface area contributed by atoms with Crippen molar-refractivity contribution >= 4 is 34.9 Å². The SMILES string of the molecule is CCCCCCn1cc(-c2ccc(NCc3c(Cl)cccc3Cl)cc2)cc1C(=O)OC. The third-order valence-corrected chi connectivity index (χ3v) is 6.00. The van der Waals surface area contributed by atoms with Crippen LogP contribution in [0.3, 0.4) is 0 Å². The lowest BCUT2D eigenvalue weighted by Gasteiger charge is -2.10. The molecule has 0 spiro atoms. The number of hydrogen-bond donors (Lipinski definition) is 1. The minimum Gasteiger partial charge on any atom is -0.464 e. The lowest BCUT2D eigenvalue weighted by atomic mass is 10.1. The number of nitrogens with one attached hydrogen (secondary N) is 1. The maximum absolute atomic E-state index is 12.2. The summed E-state index contributed by atoms with van der Waals surface area (Å²) >= 11 is 12.5. The summed E-state index contributed by atoms with van der Waals surface area (Å²) in [6.07, 6.45) is 6.61.